The second-order valence-corrected chi connectivity index (χ2v) is 8.21. The highest BCUT2D eigenvalue weighted by Crippen LogP contribution is 2.42. The fraction of sp³-hybridized carbons (Fsp3) is 0.421. The molecule has 0 saturated carbocycles. The van der Waals surface area contributed by atoms with Gasteiger partial charge in [0, 0.05) is 31.2 Å². The molecule has 3 aromatic rings. The molecule has 1 fully saturated rings. The molecular weight excluding hydrogens is 414 g/mol. The molecule has 1 atom stereocenters. The standard InChI is InChI=1S/C19H22ClN5O3S/c1-3-28-19(27)24-10-8-23(9-11-24)15(13-6-4-5-7-14(13)20)16-17(26)25-18(29-16)21-12(2)22-25/h4-7,15,26H,3,8-11H2,1-2H3/t15-/m1/s1. The van der Waals surface area contributed by atoms with Gasteiger partial charge in [0.05, 0.1) is 17.5 Å². The van der Waals surface area contributed by atoms with Crippen molar-refractivity contribution in [3.05, 3.63) is 45.6 Å². The molecule has 0 spiro atoms. The van der Waals surface area contributed by atoms with Crippen LogP contribution in [0.5, 0.6) is 5.88 Å². The van der Waals surface area contributed by atoms with E-state index in [1.165, 1.54) is 15.9 Å². The molecule has 154 valence electrons. The van der Waals surface area contributed by atoms with Crippen LogP contribution in [0.15, 0.2) is 24.3 Å². The third-order valence-electron chi connectivity index (χ3n) is 4.96. The summed E-state index contributed by atoms with van der Waals surface area (Å²) in [5.74, 6) is 0.679. The highest BCUT2D eigenvalue weighted by atomic mass is 35.5. The molecule has 0 bridgehead atoms. The van der Waals surface area contributed by atoms with Crippen molar-refractivity contribution in [2.24, 2.45) is 0 Å². The van der Waals surface area contributed by atoms with Gasteiger partial charge in [0.2, 0.25) is 10.8 Å². The smallest absolute Gasteiger partial charge is 0.409 e. The van der Waals surface area contributed by atoms with Gasteiger partial charge in [-0.1, -0.05) is 41.1 Å². The molecule has 1 aliphatic heterocycles. The molecule has 1 N–H and O–H groups in total. The van der Waals surface area contributed by atoms with Crippen LogP contribution in [0.2, 0.25) is 5.02 Å². The molecule has 8 nitrogen and oxygen atoms in total. The summed E-state index contributed by atoms with van der Waals surface area (Å²) in [5, 5.41) is 15.8. The zero-order chi connectivity index (χ0) is 20.5. The summed E-state index contributed by atoms with van der Waals surface area (Å²) in [6.45, 7) is 6.28. The number of carbonyl (C=O) groups is 1. The van der Waals surface area contributed by atoms with Gasteiger partial charge in [0.25, 0.3) is 0 Å². The highest BCUT2D eigenvalue weighted by Gasteiger charge is 2.33. The van der Waals surface area contributed by atoms with Crippen LogP contribution < -0.4 is 0 Å². The number of aromatic hydroxyl groups is 1. The Kier molecular flexibility index (Phi) is 5.62. The third-order valence-corrected chi connectivity index (χ3v) is 6.38. The number of hydrogen-bond donors (Lipinski definition) is 1. The Balaban J connectivity index is 1.69. The normalized spacial score (nSPS) is 16.3. The number of hydrogen-bond acceptors (Lipinski definition) is 7. The van der Waals surface area contributed by atoms with E-state index in [4.69, 9.17) is 16.3 Å². The van der Waals surface area contributed by atoms with Gasteiger partial charge < -0.3 is 14.7 Å². The Morgan fingerprint density at radius 1 is 1.31 bits per heavy atom. The minimum atomic E-state index is -0.293. The van der Waals surface area contributed by atoms with E-state index in [1.807, 2.05) is 24.3 Å². The molecular formula is C19H22ClN5O3S. The number of piperazine rings is 1. The molecule has 3 heterocycles. The summed E-state index contributed by atoms with van der Waals surface area (Å²) >= 11 is 7.93. The van der Waals surface area contributed by atoms with Crippen LogP contribution in [0.1, 0.15) is 29.2 Å². The summed E-state index contributed by atoms with van der Waals surface area (Å²) in [6, 6.07) is 7.36. The van der Waals surface area contributed by atoms with Crippen molar-refractivity contribution in [3.63, 3.8) is 0 Å². The number of fused-ring (bicyclic) bond motifs is 1. The molecule has 2 aromatic heterocycles. The quantitative estimate of drug-likeness (QED) is 0.676. The van der Waals surface area contributed by atoms with E-state index >= 15 is 0 Å². The van der Waals surface area contributed by atoms with Crippen LogP contribution in [-0.2, 0) is 4.74 Å². The number of thiazole rings is 1. The summed E-state index contributed by atoms with van der Waals surface area (Å²) in [7, 11) is 0. The van der Waals surface area contributed by atoms with Gasteiger partial charge >= 0.3 is 6.09 Å². The predicted octanol–water partition coefficient (Wildman–Crippen LogP) is 3.32. The summed E-state index contributed by atoms with van der Waals surface area (Å²) < 4.78 is 6.58. The molecule has 29 heavy (non-hydrogen) atoms. The first-order chi connectivity index (χ1) is 14.0. The van der Waals surface area contributed by atoms with Gasteiger partial charge in [0.1, 0.15) is 5.82 Å². The van der Waals surface area contributed by atoms with Gasteiger partial charge in [-0.2, -0.15) is 4.52 Å². The first kappa shape index (κ1) is 19.9. The van der Waals surface area contributed by atoms with Crippen LogP contribution >= 0.6 is 22.9 Å². The van der Waals surface area contributed by atoms with E-state index in [9.17, 15) is 9.90 Å². The number of benzene rings is 1. The monoisotopic (exact) mass is 435 g/mol. The molecule has 1 aliphatic rings. The van der Waals surface area contributed by atoms with Gasteiger partial charge in [-0.25, -0.2) is 9.78 Å². The van der Waals surface area contributed by atoms with Crippen molar-refractivity contribution in [2.45, 2.75) is 19.9 Å². The van der Waals surface area contributed by atoms with E-state index in [0.717, 1.165) is 10.4 Å². The van der Waals surface area contributed by atoms with E-state index in [0.29, 0.717) is 48.6 Å². The fourth-order valence-corrected chi connectivity index (χ4v) is 5.00. The Morgan fingerprint density at radius 3 is 2.69 bits per heavy atom. The molecule has 4 rings (SSSR count). The van der Waals surface area contributed by atoms with Crippen LogP contribution in [0.4, 0.5) is 4.79 Å². The average molecular weight is 436 g/mol. The number of rotatable bonds is 4. The molecule has 10 heteroatoms. The number of amides is 1. The molecule has 0 radical (unpaired) electrons. The highest BCUT2D eigenvalue weighted by molar-refractivity contribution is 7.17. The molecule has 1 aromatic carbocycles. The molecule has 0 unspecified atom stereocenters. The first-order valence-corrected chi connectivity index (χ1v) is 10.6. The zero-order valence-corrected chi connectivity index (χ0v) is 17.8. The fourth-order valence-electron chi connectivity index (χ4n) is 3.60. The SMILES string of the molecule is CCOC(=O)N1CCN([C@H](c2ccccc2Cl)c2sc3nc(C)nn3c2O)CC1. The van der Waals surface area contributed by atoms with Crippen molar-refractivity contribution in [2.75, 3.05) is 32.8 Å². The molecule has 0 aliphatic carbocycles. The Bertz CT molecular complexity index is 1030. The second kappa shape index (κ2) is 8.17. The second-order valence-electron chi connectivity index (χ2n) is 6.79. The maximum absolute atomic E-state index is 12.0. The van der Waals surface area contributed by atoms with Crippen molar-refractivity contribution < 1.29 is 14.6 Å². The maximum Gasteiger partial charge on any atom is 0.409 e. The summed E-state index contributed by atoms with van der Waals surface area (Å²) in [4.78, 5) is 21.7. The van der Waals surface area contributed by atoms with Crippen LogP contribution in [-0.4, -0.2) is 68.4 Å². The molecule has 1 amide bonds. The predicted molar refractivity (Wildman–Crippen MR) is 111 cm³/mol. The minimum Gasteiger partial charge on any atom is -0.492 e. The topological polar surface area (TPSA) is 83.2 Å². The lowest BCUT2D eigenvalue weighted by Crippen LogP contribution is -2.50. The van der Waals surface area contributed by atoms with Gasteiger partial charge in [-0.15, -0.1) is 5.10 Å². The van der Waals surface area contributed by atoms with Crippen molar-refractivity contribution in [1.82, 2.24) is 24.4 Å². The van der Waals surface area contributed by atoms with Gasteiger partial charge in [-0.05, 0) is 25.5 Å². The average Bonchev–Trinajstić information content (AvgIpc) is 3.22. The Hall–Kier alpha value is -2.36. The lowest BCUT2D eigenvalue weighted by molar-refractivity contribution is 0.0715. The summed E-state index contributed by atoms with van der Waals surface area (Å²) in [6.07, 6.45) is -0.293. The molecule has 1 saturated heterocycles. The lowest BCUT2D eigenvalue weighted by Gasteiger charge is -2.38. The van der Waals surface area contributed by atoms with Crippen molar-refractivity contribution >= 4 is 34.0 Å². The van der Waals surface area contributed by atoms with E-state index < -0.39 is 0 Å². The van der Waals surface area contributed by atoms with Gasteiger partial charge in [-0.3, -0.25) is 4.90 Å². The van der Waals surface area contributed by atoms with E-state index in [2.05, 4.69) is 15.0 Å². The maximum atomic E-state index is 12.0. The van der Waals surface area contributed by atoms with Crippen LogP contribution in [0.3, 0.4) is 0 Å². The van der Waals surface area contributed by atoms with E-state index in [-0.39, 0.29) is 18.0 Å². The number of nitrogens with zero attached hydrogens (tertiary/aromatic N) is 5. The number of aromatic nitrogens is 3. The summed E-state index contributed by atoms with van der Waals surface area (Å²) in [5.41, 5.74) is 0.898. The first-order valence-electron chi connectivity index (χ1n) is 9.44. The van der Waals surface area contributed by atoms with Crippen LogP contribution in [0.25, 0.3) is 4.96 Å². The number of aryl methyl sites for hydroxylation is 1. The van der Waals surface area contributed by atoms with Crippen molar-refractivity contribution in [3.8, 4) is 5.88 Å². The Labute approximate surface area is 177 Å². The van der Waals surface area contributed by atoms with Crippen LogP contribution in [0, 0.1) is 6.92 Å². The lowest BCUT2D eigenvalue weighted by atomic mass is 10.0. The Morgan fingerprint density at radius 2 is 2.03 bits per heavy atom. The van der Waals surface area contributed by atoms with E-state index in [1.54, 1.807) is 18.7 Å². The third kappa shape index (κ3) is 3.77. The zero-order valence-electron chi connectivity index (χ0n) is 16.2. The van der Waals surface area contributed by atoms with Crippen molar-refractivity contribution in [1.29, 1.82) is 0 Å². The number of halogens is 1. The number of ether oxygens (including phenoxy) is 1. The van der Waals surface area contributed by atoms with Gasteiger partial charge in [0.15, 0.2) is 0 Å². The largest absolute Gasteiger partial charge is 0.492 e. The minimum absolute atomic E-state index is 0.0725. The number of carbonyl (C=O) groups excluding carboxylic acids is 1.